The number of methoxy groups -OCH3 is 1. The maximum Gasteiger partial charge on any atom is 0.193 e. The molecule has 5 aromatic carbocycles. The average molecular weight is 815 g/mol. The van der Waals surface area contributed by atoms with Gasteiger partial charge in [0.05, 0.1) is 6.61 Å². The molecule has 0 unspecified atom stereocenters. The van der Waals surface area contributed by atoms with Crippen molar-refractivity contribution < 1.29 is 49.1 Å². The molecule has 0 atom stereocenters. The summed E-state index contributed by atoms with van der Waals surface area (Å²) < 4.78 is 13.0. The molecule has 0 amide bonds. The van der Waals surface area contributed by atoms with Crippen molar-refractivity contribution in [1.82, 2.24) is 0 Å². The Hall–Kier alpha value is -5.46. The molecule has 5 aromatic rings. The van der Waals surface area contributed by atoms with Gasteiger partial charge < -0.3 is 29.9 Å². The minimum absolute atomic E-state index is 0.140. The van der Waals surface area contributed by atoms with Gasteiger partial charge in [0.1, 0.15) is 34.1 Å². The van der Waals surface area contributed by atoms with Gasteiger partial charge in [-0.3, -0.25) is 19.2 Å². The predicted molar refractivity (Wildman–Crippen MR) is 228 cm³/mol. The largest absolute Gasteiger partial charge is 0.382 e. The number of hydrogen-bond acceptors (Lipinski definition) is 10. The van der Waals surface area contributed by atoms with Crippen LogP contribution in [-0.2, 0) is 21.7 Å². The number of carbonyl (C=O) groups is 4. The molecule has 0 fully saturated rings. The van der Waals surface area contributed by atoms with Crippen LogP contribution in [0.5, 0.6) is 0 Å². The number of carbonyl (C=O) groups excluding carboxylic acids is 4. The molecule has 0 heterocycles. The van der Waals surface area contributed by atoms with Crippen LogP contribution in [0, 0.1) is 0 Å². The van der Waals surface area contributed by atoms with E-state index in [1.54, 1.807) is 104 Å². The number of ether oxygens (including phenoxy) is 2. The first kappa shape index (κ1) is 45.6. The highest BCUT2D eigenvalue weighted by Crippen LogP contribution is 2.41. The molecule has 0 aliphatic heterocycles. The van der Waals surface area contributed by atoms with E-state index in [0.29, 0.717) is 38.9 Å². The SMILES string of the molecule is COC(c1ccc(COC(c2ccc(C(=O)C(C)(C)O)cc2)c2ccc(C(=O)C(C)(C)O)cc2)cc1)(c1ccc(C(=O)C(C)(C)O)cc1)c1ccc(C(=O)C(C)(C)O)cc1. The minimum Gasteiger partial charge on any atom is -0.382 e. The van der Waals surface area contributed by atoms with Gasteiger partial charge in [0.25, 0.3) is 0 Å². The lowest BCUT2D eigenvalue weighted by atomic mass is 9.78. The van der Waals surface area contributed by atoms with E-state index in [1.807, 2.05) is 24.3 Å². The van der Waals surface area contributed by atoms with E-state index >= 15 is 0 Å². The number of aliphatic hydroxyl groups is 4. The highest BCUT2D eigenvalue weighted by Gasteiger charge is 2.38. The summed E-state index contributed by atoms with van der Waals surface area (Å²) in [6.07, 6.45) is -0.643. The second kappa shape index (κ2) is 17.3. The van der Waals surface area contributed by atoms with Crippen LogP contribution >= 0.6 is 0 Å². The molecule has 0 bridgehead atoms. The first-order valence-electron chi connectivity index (χ1n) is 19.6. The summed E-state index contributed by atoms with van der Waals surface area (Å²) in [4.78, 5) is 51.4. The van der Waals surface area contributed by atoms with E-state index in [9.17, 15) is 39.6 Å². The van der Waals surface area contributed by atoms with Crippen molar-refractivity contribution in [1.29, 1.82) is 0 Å². The van der Waals surface area contributed by atoms with Crippen molar-refractivity contribution in [3.05, 3.63) is 177 Å². The van der Waals surface area contributed by atoms with Crippen molar-refractivity contribution >= 4 is 23.1 Å². The summed E-state index contributed by atoms with van der Waals surface area (Å²) in [5.41, 5.74) is -1.87. The molecule has 10 nitrogen and oxygen atoms in total. The summed E-state index contributed by atoms with van der Waals surface area (Å²) in [5.74, 6) is -1.73. The van der Waals surface area contributed by atoms with Crippen molar-refractivity contribution in [3.63, 3.8) is 0 Å². The molecule has 0 aromatic heterocycles. The molecule has 0 aliphatic carbocycles. The summed E-state index contributed by atoms with van der Waals surface area (Å²) in [5, 5.41) is 41.3. The first-order valence-corrected chi connectivity index (χ1v) is 19.6. The van der Waals surface area contributed by atoms with E-state index < -0.39 is 57.2 Å². The monoisotopic (exact) mass is 814 g/mol. The Morgan fingerprint density at radius 2 is 0.683 bits per heavy atom. The van der Waals surface area contributed by atoms with Crippen molar-refractivity contribution in [2.24, 2.45) is 0 Å². The Kier molecular flexibility index (Phi) is 13.1. The highest BCUT2D eigenvalue weighted by atomic mass is 16.5. The topological polar surface area (TPSA) is 168 Å². The van der Waals surface area contributed by atoms with E-state index in [-0.39, 0.29) is 6.61 Å². The fourth-order valence-electron chi connectivity index (χ4n) is 7.00. The lowest BCUT2D eigenvalue weighted by Crippen LogP contribution is -2.33. The molecule has 4 N–H and O–H groups in total. The lowest BCUT2D eigenvalue weighted by molar-refractivity contribution is 0.0485. The second-order valence-corrected chi connectivity index (χ2v) is 17.2. The van der Waals surface area contributed by atoms with Gasteiger partial charge >= 0.3 is 0 Å². The average Bonchev–Trinajstić information content (AvgIpc) is 3.20. The van der Waals surface area contributed by atoms with Crippen molar-refractivity contribution in [3.8, 4) is 0 Å². The molecule has 0 spiro atoms. The van der Waals surface area contributed by atoms with Gasteiger partial charge in [-0.1, -0.05) is 121 Å². The molecule has 10 heteroatoms. The Labute approximate surface area is 351 Å². The second-order valence-electron chi connectivity index (χ2n) is 17.2. The fraction of sp³-hybridized carbons (Fsp3) is 0.320. The number of rotatable bonds is 17. The fourth-order valence-corrected chi connectivity index (χ4v) is 7.00. The molecular weight excluding hydrogens is 761 g/mol. The molecule has 0 saturated carbocycles. The zero-order chi connectivity index (χ0) is 44.4. The maximum atomic E-state index is 12.9. The summed E-state index contributed by atoms with van der Waals surface area (Å²) in [6, 6.07) is 34.8. The van der Waals surface area contributed by atoms with Gasteiger partial charge in [-0.2, -0.15) is 0 Å². The standard InChI is InChI=1S/C50H54O10/c1-46(2,55)42(51)34-16-12-32(13-17-34)41(33-14-18-35(19-15-33)43(52)47(3,4)56)60-30-31-10-24-38(25-11-31)50(59-9,39-26-20-36(21-27-39)44(53)48(5,6)57)40-28-22-37(23-29-40)45(54)49(7,8)58/h10-29,41,55-58H,30H2,1-9H3. The Morgan fingerprint density at radius 1 is 0.433 bits per heavy atom. The predicted octanol–water partition coefficient (Wildman–Crippen LogP) is 7.75. The van der Waals surface area contributed by atoms with Crippen molar-refractivity contribution in [2.75, 3.05) is 7.11 Å². The van der Waals surface area contributed by atoms with Gasteiger partial charge in [0, 0.05) is 29.4 Å². The van der Waals surface area contributed by atoms with Crippen LogP contribution in [-0.4, -0.2) is 73.1 Å². The third kappa shape index (κ3) is 9.93. The van der Waals surface area contributed by atoms with E-state index in [0.717, 1.165) is 16.7 Å². The van der Waals surface area contributed by atoms with Gasteiger partial charge in [0.15, 0.2) is 23.1 Å². The van der Waals surface area contributed by atoms with E-state index in [4.69, 9.17) is 9.47 Å². The molecule has 0 saturated heterocycles. The minimum atomic E-state index is -1.57. The lowest BCUT2D eigenvalue weighted by Gasteiger charge is -2.35. The number of benzene rings is 5. The summed E-state index contributed by atoms with van der Waals surface area (Å²) in [7, 11) is 1.56. The van der Waals surface area contributed by atoms with Gasteiger partial charge in [-0.05, 0) is 88.8 Å². The Balaban J connectivity index is 1.52. The smallest absolute Gasteiger partial charge is 0.193 e. The number of Topliss-reactive ketones (excluding diaryl/α,β-unsaturated/α-hetero) is 4. The van der Waals surface area contributed by atoms with E-state index in [1.165, 1.54) is 55.4 Å². The van der Waals surface area contributed by atoms with E-state index in [2.05, 4.69) is 0 Å². The summed E-state index contributed by atoms with van der Waals surface area (Å²) >= 11 is 0. The van der Waals surface area contributed by atoms with Gasteiger partial charge in [-0.15, -0.1) is 0 Å². The van der Waals surface area contributed by atoms with Crippen LogP contribution in [0.1, 0.15) is 136 Å². The normalized spacial score (nSPS) is 12.7. The van der Waals surface area contributed by atoms with Crippen molar-refractivity contribution in [2.45, 2.75) is 96.1 Å². The molecule has 5 rings (SSSR count). The van der Waals surface area contributed by atoms with Crippen LogP contribution in [0.25, 0.3) is 0 Å². The number of ketones is 4. The van der Waals surface area contributed by atoms with Crippen LogP contribution in [0.4, 0.5) is 0 Å². The van der Waals surface area contributed by atoms with Crippen LogP contribution in [0.2, 0.25) is 0 Å². The zero-order valence-corrected chi connectivity index (χ0v) is 35.6. The van der Waals surface area contributed by atoms with Crippen LogP contribution in [0.15, 0.2) is 121 Å². The first-order chi connectivity index (χ1) is 27.9. The van der Waals surface area contributed by atoms with Crippen LogP contribution in [0.3, 0.4) is 0 Å². The zero-order valence-electron chi connectivity index (χ0n) is 35.6. The molecule has 0 radical (unpaired) electrons. The maximum absolute atomic E-state index is 12.9. The molecule has 60 heavy (non-hydrogen) atoms. The third-order valence-electron chi connectivity index (χ3n) is 10.4. The quantitative estimate of drug-likeness (QED) is 0.0539. The summed E-state index contributed by atoms with van der Waals surface area (Å²) in [6.45, 7) is 11.6. The third-order valence-corrected chi connectivity index (χ3v) is 10.4. The van der Waals surface area contributed by atoms with Gasteiger partial charge in [-0.25, -0.2) is 0 Å². The Bertz CT molecular complexity index is 2170. The highest BCUT2D eigenvalue weighted by molar-refractivity contribution is 6.03. The molecule has 0 aliphatic rings. The Morgan fingerprint density at radius 3 is 0.933 bits per heavy atom. The molecule has 314 valence electrons. The van der Waals surface area contributed by atoms with Crippen LogP contribution < -0.4 is 0 Å². The van der Waals surface area contributed by atoms with Gasteiger partial charge in [0.2, 0.25) is 0 Å². The molecular formula is C50H54O10. The number of hydrogen-bond donors (Lipinski definition) is 4.